The fourth-order valence-corrected chi connectivity index (χ4v) is 3.15. The van der Waals surface area contributed by atoms with Crippen LogP contribution in [-0.2, 0) is 7.05 Å². The number of aromatic nitrogens is 2. The number of aryl methyl sites for hydroxylation is 2. The van der Waals surface area contributed by atoms with Crippen molar-refractivity contribution in [2.75, 3.05) is 7.11 Å². The molecular formula is C14H18N2O2S. The fourth-order valence-electron chi connectivity index (χ4n) is 2.00. The van der Waals surface area contributed by atoms with Gasteiger partial charge in [-0.3, -0.25) is 4.68 Å². The van der Waals surface area contributed by atoms with Crippen molar-refractivity contribution in [1.29, 1.82) is 0 Å². The molecule has 0 unspecified atom stereocenters. The number of methoxy groups -OCH3 is 1. The summed E-state index contributed by atoms with van der Waals surface area (Å²) in [5.74, 6) is 0.707. The Morgan fingerprint density at radius 2 is 2.16 bits per heavy atom. The molecule has 0 radical (unpaired) electrons. The summed E-state index contributed by atoms with van der Waals surface area (Å²) in [5.41, 5.74) is 1.79. The molecule has 4 nitrogen and oxygen atoms in total. The maximum atomic E-state index is 9.95. The Hall–Kier alpha value is -1.46. The van der Waals surface area contributed by atoms with Gasteiger partial charge in [-0.1, -0.05) is 17.8 Å². The van der Waals surface area contributed by atoms with E-state index in [1.54, 1.807) is 25.8 Å². The second kappa shape index (κ2) is 5.67. The van der Waals surface area contributed by atoms with Gasteiger partial charge >= 0.3 is 0 Å². The van der Waals surface area contributed by atoms with Crippen LogP contribution in [0.4, 0.5) is 0 Å². The summed E-state index contributed by atoms with van der Waals surface area (Å²) in [6.07, 6.45) is -0.576. The maximum Gasteiger partial charge on any atom is 0.125 e. The average molecular weight is 278 g/mol. The molecule has 2 rings (SSSR count). The molecule has 0 aliphatic heterocycles. The van der Waals surface area contributed by atoms with E-state index in [2.05, 4.69) is 5.10 Å². The molecular weight excluding hydrogens is 260 g/mol. The van der Waals surface area contributed by atoms with E-state index in [0.717, 1.165) is 21.2 Å². The van der Waals surface area contributed by atoms with Crippen molar-refractivity contribution in [2.45, 2.75) is 29.9 Å². The number of benzene rings is 1. The van der Waals surface area contributed by atoms with Gasteiger partial charge in [0.1, 0.15) is 5.75 Å². The highest BCUT2D eigenvalue weighted by atomic mass is 32.2. The quantitative estimate of drug-likeness (QED) is 0.934. The first kappa shape index (κ1) is 14.0. The van der Waals surface area contributed by atoms with Crippen LogP contribution in [0.15, 0.2) is 34.2 Å². The molecule has 0 saturated carbocycles. The van der Waals surface area contributed by atoms with Crippen molar-refractivity contribution in [3.05, 3.63) is 35.5 Å². The van der Waals surface area contributed by atoms with Crippen molar-refractivity contribution >= 4 is 11.8 Å². The summed E-state index contributed by atoms with van der Waals surface area (Å²) >= 11 is 1.58. The summed E-state index contributed by atoms with van der Waals surface area (Å²) in [6.45, 7) is 3.71. The van der Waals surface area contributed by atoms with Crippen LogP contribution in [0.3, 0.4) is 0 Å². The average Bonchev–Trinajstić information content (AvgIpc) is 2.67. The van der Waals surface area contributed by atoms with Gasteiger partial charge in [0.2, 0.25) is 0 Å². The topological polar surface area (TPSA) is 47.3 Å². The molecule has 1 atom stereocenters. The predicted octanol–water partition coefficient (Wildman–Crippen LogP) is 2.94. The van der Waals surface area contributed by atoms with Crippen LogP contribution in [0.2, 0.25) is 0 Å². The van der Waals surface area contributed by atoms with Crippen LogP contribution in [-0.4, -0.2) is 22.0 Å². The molecule has 0 spiro atoms. The highest BCUT2D eigenvalue weighted by Gasteiger charge is 2.16. The molecule has 0 aliphatic rings. The van der Waals surface area contributed by atoms with Crippen LogP contribution in [0, 0.1) is 6.92 Å². The highest BCUT2D eigenvalue weighted by Crippen LogP contribution is 2.38. The van der Waals surface area contributed by atoms with Gasteiger partial charge < -0.3 is 9.84 Å². The van der Waals surface area contributed by atoms with E-state index >= 15 is 0 Å². The Morgan fingerprint density at radius 3 is 2.68 bits per heavy atom. The van der Waals surface area contributed by atoms with Gasteiger partial charge in [-0.25, -0.2) is 0 Å². The minimum Gasteiger partial charge on any atom is -0.496 e. The molecule has 0 saturated heterocycles. The van der Waals surface area contributed by atoms with E-state index in [1.807, 2.05) is 42.9 Å². The van der Waals surface area contributed by atoms with Crippen LogP contribution in [0.25, 0.3) is 0 Å². The Kier molecular flexibility index (Phi) is 4.17. The number of hydrogen-bond donors (Lipinski definition) is 1. The van der Waals surface area contributed by atoms with Crippen molar-refractivity contribution in [3.63, 3.8) is 0 Å². The SMILES string of the molecule is COc1cccc(Sc2cc(C)nn2C)c1[C@H](C)O. The van der Waals surface area contributed by atoms with Gasteiger partial charge in [0.15, 0.2) is 0 Å². The molecule has 2 aromatic rings. The molecule has 1 aromatic carbocycles. The smallest absolute Gasteiger partial charge is 0.125 e. The Bertz CT molecular complexity index is 579. The zero-order valence-corrected chi connectivity index (χ0v) is 12.4. The lowest BCUT2D eigenvalue weighted by atomic mass is 10.1. The summed E-state index contributed by atoms with van der Waals surface area (Å²) in [5, 5.41) is 15.3. The lowest BCUT2D eigenvalue weighted by Crippen LogP contribution is -1.99. The molecule has 1 N–H and O–H groups in total. The molecule has 5 heteroatoms. The number of ether oxygens (including phenoxy) is 1. The third-order valence-electron chi connectivity index (χ3n) is 2.84. The molecule has 19 heavy (non-hydrogen) atoms. The lowest BCUT2D eigenvalue weighted by Gasteiger charge is -2.15. The van der Waals surface area contributed by atoms with Crippen molar-refractivity contribution in [2.24, 2.45) is 7.05 Å². The van der Waals surface area contributed by atoms with Crippen LogP contribution in [0.5, 0.6) is 5.75 Å². The van der Waals surface area contributed by atoms with Crippen molar-refractivity contribution in [1.82, 2.24) is 9.78 Å². The predicted molar refractivity (Wildman–Crippen MR) is 75.7 cm³/mol. The third kappa shape index (κ3) is 2.93. The standard InChI is InChI=1S/C14H18N2O2S/c1-9-8-13(16(3)15-9)19-12-7-5-6-11(18-4)14(12)10(2)17/h5-8,10,17H,1-4H3/t10-/m0/s1. The van der Waals surface area contributed by atoms with Gasteiger partial charge in [0, 0.05) is 17.5 Å². The third-order valence-corrected chi connectivity index (χ3v) is 4.00. The lowest BCUT2D eigenvalue weighted by molar-refractivity contribution is 0.191. The van der Waals surface area contributed by atoms with Crippen molar-refractivity contribution < 1.29 is 9.84 Å². The maximum absolute atomic E-state index is 9.95. The Morgan fingerprint density at radius 1 is 1.42 bits per heavy atom. The minimum absolute atomic E-state index is 0.576. The van der Waals surface area contributed by atoms with E-state index in [0.29, 0.717) is 5.75 Å². The van der Waals surface area contributed by atoms with E-state index in [-0.39, 0.29) is 0 Å². The molecule has 102 valence electrons. The molecule has 0 fully saturated rings. The summed E-state index contributed by atoms with van der Waals surface area (Å²) < 4.78 is 7.16. The largest absolute Gasteiger partial charge is 0.496 e. The van der Waals surface area contributed by atoms with Gasteiger partial charge in [-0.05, 0) is 32.0 Å². The van der Waals surface area contributed by atoms with E-state index < -0.39 is 6.10 Å². The van der Waals surface area contributed by atoms with Crippen molar-refractivity contribution in [3.8, 4) is 5.75 Å². The van der Waals surface area contributed by atoms with E-state index in [1.165, 1.54) is 0 Å². The molecule has 1 aromatic heterocycles. The summed E-state index contributed by atoms with van der Waals surface area (Å²) in [7, 11) is 3.53. The number of aliphatic hydroxyl groups is 1. The first-order valence-electron chi connectivity index (χ1n) is 6.06. The number of aliphatic hydroxyl groups excluding tert-OH is 1. The first-order valence-corrected chi connectivity index (χ1v) is 6.88. The Labute approximate surface area is 117 Å². The normalized spacial score (nSPS) is 12.5. The first-order chi connectivity index (χ1) is 9.02. The number of nitrogens with zero attached hydrogens (tertiary/aromatic N) is 2. The number of hydrogen-bond acceptors (Lipinski definition) is 4. The fraction of sp³-hybridized carbons (Fsp3) is 0.357. The number of rotatable bonds is 4. The van der Waals surface area contributed by atoms with Crippen LogP contribution in [0.1, 0.15) is 24.3 Å². The second-order valence-corrected chi connectivity index (χ2v) is 5.46. The van der Waals surface area contributed by atoms with Gasteiger partial charge in [-0.2, -0.15) is 5.10 Å². The highest BCUT2D eigenvalue weighted by molar-refractivity contribution is 7.99. The van der Waals surface area contributed by atoms with Crippen LogP contribution < -0.4 is 4.74 Å². The summed E-state index contributed by atoms with van der Waals surface area (Å²) in [4.78, 5) is 0.984. The van der Waals surface area contributed by atoms with Gasteiger partial charge in [-0.15, -0.1) is 0 Å². The van der Waals surface area contributed by atoms with Gasteiger partial charge in [0.25, 0.3) is 0 Å². The van der Waals surface area contributed by atoms with Gasteiger partial charge in [0.05, 0.1) is 23.9 Å². The molecule has 0 bridgehead atoms. The zero-order chi connectivity index (χ0) is 14.0. The van der Waals surface area contributed by atoms with Crippen LogP contribution >= 0.6 is 11.8 Å². The summed E-state index contributed by atoms with van der Waals surface area (Å²) in [6, 6.07) is 7.80. The molecule has 0 aliphatic carbocycles. The van der Waals surface area contributed by atoms with E-state index in [9.17, 15) is 5.11 Å². The molecule has 1 heterocycles. The van der Waals surface area contributed by atoms with E-state index in [4.69, 9.17) is 4.74 Å². The molecule has 0 amide bonds. The zero-order valence-electron chi connectivity index (χ0n) is 11.5. The Balaban J connectivity index is 2.42. The minimum atomic E-state index is -0.576. The second-order valence-electron chi connectivity index (χ2n) is 4.40. The monoisotopic (exact) mass is 278 g/mol.